The minimum absolute atomic E-state index is 0.167. The van der Waals surface area contributed by atoms with Gasteiger partial charge in [0.2, 0.25) is 10.0 Å². The van der Waals surface area contributed by atoms with Gasteiger partial charge in [0.15, 0.2) is 0 Å². The maximum absolute atomic E-state index is 12.2. The molecular weight excluding hydrogens is 248 g/mol. The quantitative estimate of drug-likeness (QED) is 0.838. The fraction of sp³-hybridized carbons (Fsp3) is 0.538. The Morgan fingerprint density at radius 2 is 1.94 bits per heavy atom. The highest BCUT2D eigenvalue weighted by Crippen LogP contribution is 2.22. The van der Waals surface area contributed by atoms with Crippen molar-refractivity contribution in [2.24, 2.45) is 0 Å². The topological polar surface area (TPSA) is 49.4 Å². The zero-order chi connectivity index (χ0) is 13.2. The molecule has 18 heavy (non-hydrogen) atoms. The average molecular weight is 268 g/mol. The summed E-state index contributed by atoms with van der Waals surface area (Å²) in [6, 6.07) is 5.84. The van der Waals surface area contributed by atoms with Crippen LogP contribution < -0.4 is 9.62 Å². The third kappa shape index (κ3) is 2.84. The first-order chi connectivity index (χ1) is 8.50. The molecule has 0 atom stereocenters. The first-order valence-corrected chi connectivity index (χ1v) is 7.90. The fourth-order valence-electron chi connectivity index (χ4n) is 2.09. The molecule has 0 saturated carbocycles. The number of nitrogens with one attached hydrogen (secondary N) is 1. The predicted molar refractivity (Wildman–Crippen MR) is 74.5 cm³/mol. The largest absolute Gasteiger partial charge is 0.316 e. The molecule has 1 aromatic carbocycles. The zero-order valence-electron chi connectivity index (χ0n) is 10.9. The van der Waals surface area contributed by atoms with Crippen LogP contribution in [0.15, 0.2) is 18.2 Å². The van der Waals surface area contributed by atoms with E-state index in [1.807, 2.05) is 32.0 Å². The number of sulfonamides is 1. The molecule has 1 aliphatic heterocycles. The van der Waals surface area contributed by atoms with Crippen LogP contribution in [0.5, 0.6) is 0 Å². The van der Waals surface area contributed by atoms with E-state index in [4.69, 9.17) is 0 Å². The van der Waals surface area contributed by atoms with Crippen LogP contribution in [0.1, 0.15) is 17.5 Å². The summed E-state index contributed by atoms with van der Waals surface area (Å²) in [5.41, 5.74) is 3.10. The minimum atomic E-state index is -3.20. The lowest BCUT2D eigenvalue weighted by Crippen LogP contribution is -2.41. The highest BCUT2D eigenvalue weighted by atomic mass is 32.2. The molecule has 4 nitrogen and oxygen atoms in total. The van der Waals surface area contributed by atoms with Gasteiger partial charge in [-0.1, -0.05) is 6.07 Å². The molecule has 1 heterocycles. The van der Waals surface area contributed by atoms with Crippen LogP contribution in [0, 0.1) is 13.8 Å². The number of benzene rings is 1. The molecule has 0 bridgehead atoms. The van der Waals surface area contributed by atoms with Crippen molar-refractivity contribution in [3.05, 3.63) is 29.3 Å². The van der Waals surface area contributed by atoms with E-state index in [-0.39, 0.29) is 5.75 Å². The van der Waals surface area contributed by atoms with Crippen molar-refractivity contribution >= 4 is 15.7 Å². The summed E-state index contributed by atoms with van der Waals surface area (Å²) in [5, 5.41) is 3.13. The molecule has 1 aliphatic rings. The van der Waals surface area contributed by atoms with Crippen LogP contribution >= 0.6 is 0 Å². The third-order valence-corrected chi connectivity index (χ3v) is 5.15. The number of rotatable bonds is 1. The molecule has 1 aromatic rings. The van der Waals surface area contributed by atoms with E-state index in [2.05, 4.69) is 5.32 Å². The van der Waals surface area contributed by atoms with Crippen molar-refractivity contribution in [2.45, 2.75) is 20.3 Å². The lowest BCUT2D eigenvalue weighted by molar-refractivity contribution is 0.572. The molecule has 0 amide bonds. The van der Waals surface area contributed by atoms with Crippen LogP contribution in [-0.4, -0.2) is 33.8 Å². The molecule has 1 N–H and O–H groups in total. The van der Waals surface area contributed by atoms with Gasteiger partial charge in [-0.25, -0.2) is 8.42 Å². The molecule has 0 spiro atoms. The molecule has 5 heteroatoms. The second-order valence-electron chi connectivity index (χ2n) is 4.76. The maximum atomic E-state index is 12.2. The van der Waals surface area contributed by atoms with Crippen molar-refractivity contribution < 1.29 is 8.42 Å². The number of anilines is 1. The summed E-state index contributed by atoms with van der Waals surface area (Å²) < 4.78 is 26.0. The Morgan fingerprint density at radius 3 is 2.67 bits per heavy atom. The van der Waals surface area contributed by atoms with Crippen LogP contribution in [0.25, 0.3) is 0 Å². The van der Waals surface area contributed by atoms with Gasteiger partial charge in [0, 0.05) is 13.1 Å². The third-order valence-electron chi connectivity index (χ3n) is 3.37. The molecule has 2 rings (SSSR count). The molecule has 1 saturated heterocycles. The Balaban J connectivity index is 2.35. The monoisotopic (exact) mass is 268 g/mol. The van der Waals surface area contributed by atoms with E-state index in [1.165, 1.54) is 5.56 Å². The summed E-state index contributed by atoms with van der Waals surface area (Å²) in [6.07, 6.45) is 0.839. The summed E-state index contributed by atoms with van der Waals surface area (Å²) in [5.74, 6) is 0.167. The van der Waals surface area contributed by atoms with Crippen LogP contribution in [0.2, 0.25) is 0 Å². The first kappa shape index (κ1) is 13.4. The van der Waals surface area contributed by atoms with E-state index < -0.39 is 10.0 Å². The predicted octanol–water partition coefficient (Wildman–Crippen LogP) is 1.43. The fourth-order valence-corrected chi connectivity index (χ4v) is 3.56. The van der Waals surface area contributed by atoms with Gasteiger partial charge < -0.3 is 5.32 Å². The van der Waals surface area contributed by atoms with Crippen molar-refractivity contribution in [2.75, 3.05) is 29.7 Å². The summed E-state index contributed by atoms with van der Waals surface area (Å²) in [7, 11) is -3.20. The van der Waals surface area contributed by atoms with E-state index in [0.717, 1.165) is 24.2 Å². The zero-order valence-corrected chi connectivity index (χ0v) is 11.8. The Labute approximate surface area is 109 Å². The maximum Gasteiger partial charge on any atom is 0.236 e. The Kier molecular flexibility index (Phi) is 3.92. The van der Waals surface area contributed by atoms with Gasteiger partial charge in [-0.15, -0.1) is 0 Å². The number of hydrogen-bond acceptors (Lipinski definition) is 3. The van der Waals surface area contributed by atoms with Gasteiger partial charge >= 0.3 is 0 Å². The standard InChI is InChI=1S/C13H20N2O2S/c1-11-4-5-13(10-12(11)2)15-8-3-6-14-7-9-18(15,16)17/h4-5,10,14H,3,6-9H2,1-2H3. The summed E-state index contributed by atoms with van der Waals surface area (Å²) in [6.45, 7) is 6.00. The average Bonchev–Trinajstić information content (AvgIpc) is 2.29. The van der Waals surface area contributed by atoms with E-state index in [9.17, 15) is 8.42 Å². The van der Waals surface area contributed by atoms with Gasteiger partial charge in [-0.3, -0.25) is 4.31 Å². The molecule has 0 aliphatic carbocycles. The minimum Gasteiger partial charge on any atom is -0.316 e. The van der Waals surface area contributed by atoms with Gasteiger partial charge in [-0.2, -0.15) is 0 Å². The van der Waals surface area contributed by atoms with Gasteiger partial charge in [0.1, 0.15) is 0 Å². The summed E-state index contributed by atoms with van der Waals surface area (Å²) in [4.78, 5) is 0. The Hall–Kier alpha value is -1.07. The van der Waals surface area contributed by atoms with Crippen LogP contribution in [-0.2, 0) is 10.0 Å². The van der Waals surface area contributed by atoms with Gasteiger partial charge in [0.05, 0.1) is 11.4 Å². The SMILES string of the molecule is Cc1ccc(N2CCCNCCS2(=O)=O)cc1C. The smallest absolute Gasteiger partial charge is 0.236 e. The number of hydrogen-bond donors (Lipinski definition) is 1. The second kappa shape index (κ2) is 5.28. The number of nitrogens with zero attached hydrogens (tertiary/aromatic N) is 1. The van der Waals surface area contributed by atoms with Crippen molar-refractivity contribution in [1.29, 1.82) is 0 Å². The van der Waals surface area contributed by atoms with Crippen molar-refractivity contribution in [1.82, 2.24) is 5.32 Å². The van der Waals surface area contributed by atoms with Gasteiger partial charge in [-0.05, 0) is 50.1 Å². The van der Waals surface area contributed by atoms with E-state index in [1.54, 1.807) is 4.31 Å². The summed E-state index contributed by atoms with van der Waals surface area (Å²) >= 11 is 0. The Morgan fingerprint density at radius 1 is 1.17 bits per heavy atom. The second-order valence-corrected chi connectivity index (χ2v) is 6.77. The highest BCUT2D eigenvalue weighted by molar-refractivity contribution is 7.92. The van der Waals surface area contributed by atoms with Crippen molar-refractivity contribution in [3.63, 3.8) is 0 Å². The molecular formula is C13H20N2O2S. The molecule has 0 aromatic heterocycles. The van der Waals surface area contributed by atoms with Crippen LogP contribution in [0.3, 0.4) is 0 Å². The van der Waals surface area contributed by atoms with Gasteiger partial charge in [0.25, 0.3) is 0 Å². The van der Waals surface area contributed by atoms with E-state index >= 15 is 0 Å². The normalized spacial score (nSPS) is 20.2. The van der Waals surface area contributed by atoms with Crippen molar-refractivity contribution in [3.8, 4) is 0 Å². The van der Waals surface area contributed by atoms with Crippen LogP contribution in [0.4, 0.5) is 5.69 Å². The molecule has 0 unspecified atom stereocenters. The van der Waals surface area contributed by atoms with E-state index in [0.29, 0.717) is 13.1 Å². The lowest BCUT2D eigenvalue weighted by Gasteiger charge is -2.27. The molecule has 100 valence electrons. The molecule has 0 radical (unpaired) electrons. The Bertz CT molecular complexity index is 526. The highest BCUT2D eigenvalue weighted by Gasteiger charge is 2.23. The number of aryl methyl sites for hydroxylation is 2. The lowest BCUT2D eigenvalue weighted by atomic mass is 10.1. The first-order valence-electron chi connectivity index (χ1n) is 6.29. The molecule has 1 fully saturated rings.